The lowest BCUT2D eigenvalue weighted by atomic mass is 9.86. The van der Waals surface area contributed by atoms with Gasteiger partial charge in [0.2, 0.25) is 11.8 Å². The van der Waals surface area contributed by atoms with Gasteiger partial charge in [0.15, 0.2) is 11.5 Å². The standard InChI is InChI=1S/C26H29N3O5/c1-4-34-21-10-9-16(13-22(21)33-3)25-24-18(17-7-5-6-8-19(17)27-24)14-20-26(31)28(11-12-32-2)15-23(30)29(20)25/h5-10,13,20,25,27H,4,11-12,14-15H2,1-3H3/t20-,25+/m0/s1. The van der Waals surface area contributed by atoms with Crippen molar-refractivity contribution in [2.24, 2.45) is 0 Å². The molecule has 8 nitrogen and oxygen atoms in total. The fourth-order valence-corrected chi connectivity index (χ4v) is 5.19. The first-order chi connectivity index (χ1) is 16.6. The number of nitrogens with zero attached hydrogens (tertiary/aromatic N) is 2. The van der Waals surface area contributed by atoms with E-state index in [1.165, 1.54) is 0 Å². The Morgan fingerprint density at radius 3 is 2.68 bits per heavy atom. The molecule has 2 aliphatic rings. The third kappa shape index (κ3) is 3.58. The first-order valence-electron chi connectivity index (χ1n) is 11.6. The molecule has 0 saturated carbocycles. The molecule has 0 aliphatic carbocycles. The summed E-state index contributed by atoms with van der Waals surface area (Å²) in [7, 11) is 3.19. The Hall–Kier alpha value is -3.52. The predicted octanol–water partition coefficient (Wildman–Crippen LogP) is 2.91. The fraction of sp³-hybridized carbons (Fsp3) is 0.385. The van der Waals surface area contributed by atoms with Gasteiger partial charge in [-0.15, -0.1) is 0 Å². The molecule has 2 amide bonds. The van der Waals surface area contributed by atoms with Crippen molar-refractivity contribution in [3.63, 3.8) is 0 Å². The number of aromatic amines is 1. The minimum Gasteiger partial charge on any atom is -0.493 e. The van der Waals surface area contributed by atoms with E-state index in [4.69, 9.17) is 14.2 Å². The van der Waals surface area contributed by atoms with Crippen molar-refractivity contribution in [3.05, 3.63) is 59.3 Å². The summed E-state index contributed by atoms with van der Waals surface area (Å²) in [6.07, 6.45) is 0.470. The van der Waals surface area contributed by atoms with Crippen molar-refractivity contribution >= 4 is 22.7 Å². The van der Waals surface area contributed by atoms with Gasteiger partial charge in [0.1, 0.15) is 6.04 Å². The maximum absolute atomic E-state index is 13.5. The van der Waals surface area contributed by atoms with Gasteiger partial charge in [0.25, 0.3) is 0 Å². The molecule has 0 bridgehead atoms. The van der Waals surface area contributed by atoms with E-state index in [0.717, 1.165) is 27.7 Å². The van der Waals surface area contributed by atoms with Crippen LogP contribution >= 0.6 is 0 Å². The number of ether oxygens (including phenoxy) is 3. The van der Waals surface area contributed by atoms with Crippen LogP contribution in [0.15, 0.2) is 42.5 Å². The van der Waals surface area contributed by atoms with E-state index in [0.29, 0.717) is 37.7 Å². The monoisotopic (exact) mass is 463 g/mol. The number of methoxy groups -OCH3 is 2. The number of para-hydroxylation sites is 1. The molecule has 1 fully saturated rings. The number of piperazine rings is 1. The third-order valence-electron chi connectivity index (χ3n) is 6.71. The first kappa shape index (κ1) is 22.3. The highest BCUT2D eigenvalue weighted by atomic mass is 16.5. The molecular formula is C26H29N3O5. The number of carbonyl (C=O) groups excluding carboxylic acids is 2. The van der Waals surface area contributed by atoms with Crippen LogP contribution in [0, 0.1) is 0 Å². The van der Waals surface area contributed by atoms with E-state index in [9.17, 15) is 9.59 Å². The fourth-order valence-electron chi connectivity index (χ4n) is 5.19. The van der Waals surface area contributed by atoms with Gasteiger partial charge in [-0.25, -0.2) is 0 Å². The smallest absolute Gasteiger partial charge is 0.246 e. The molecule has 2 atom stereocenters. The van der Waals surface area contributed by atoms with E-state index < -0.39 is 12.1 Å². The molecule has 1 aromatic heterocycles. The number of hydrogen-bond donors (Lipinski definition) is 1. The normalized spacial score (nSPS) is 19.9. The van der Waals surface area contributed by atoms with E-state index in [2.05, 4.69) is 11.1 Å². The van der Waals surface area contributed by atoms with Crippen molar-refractivity contribution in [2.45, 2.75) is 25.4 Å². The van der Waals surface area contributed by atoms with E-state index in [1.54, 1.807) is 24.0 Å². The summed E-state index contributed by atoms with van der Waals surface area (Å²) in [6, 6.07) is 12.8. The summed E-state index contributed by atoms with van der Waals surface area (Å²) in [5.41, 5.74) is 3.87. The largest absolute Gasteiger partial charge is 0.493 e. The maximum Gasteiger partial charge on any atom is 0.246 e. The molecule has 0 radical (unpaired) electrons. The highest BCUT2D eigenvalue weighted by Gasteiger charge is 2.48. The van der Waals surface area contributed by atoms with Crippen LogP contribution < -0.4 is 9.47 Å². The molecule has 0 spiro atoms. The van der Waals surface area contributed by atoms with E-state index in [1.807, 2.05) is 43.3 Å². The van der Waals surface area contributed by atoms with Crippen LogP contribution in [-0.4, -0.2) is 73.2 Å². The summed E-state index contributed by atoms with van der Waals surface area (Å²) in [6.45, 7) is 3.27. The summed E-state index contributed by atoms with van der Waals surface area (Å²) in [5, 5.41) is 1.08. The van der Waals surface area contributed by atoms with Crippen molar-refractivity contribution in [1.82, 2.24) is 14.8 Å². The van der Waals surface area contributed by atoms with Crippen LogP contribution in [0.3, 0.4) is 0 Å². The average Bonchev–Trinajstić information content (AvgIpc) is 3.23. The summed E-state index contributed by atoms with van der Waals surface area (Å²) >= 11 is 0. The van der Waals surface area contributed by atoms with Gasteiger partial charge >= 0.3 is 0 Å². The summed E-state index contributed by atoms with van der Waals surface area (Å²) in [5.74, 6) is 1.11. The summed E-state index contributed by atoms with van der Waals surface area (Å²) in [4.78, 5) is 33.9. The Kier molecular flexibility index (Phi) is 5.91. The zero-order valence-electron chi connectivity index (χ0n) is 19.7. The maximum atomic E-state index is 13.5. The zero-order valence-corrected chi connectivity index (χ0v) is 19.7. The van der Waals surface area contributed by atoms with Gasteiger partial charge in [-0.3, -0.25) is 9.59 Å². The van der Waals surface area contributed by atoms with Gasteiger partial charge in [0, 0.05) is 36.7 Å². The molecule has 8 heteroatoms. The molecular weight excluding hydrogens is 434 g/mol. The quantitative estimate of drug-likeness (QED) is 0.583. The number of fused-ring (bicyclic) bond motifs is 4. The molecule has 178 valence electrons. The van der Waals surface area contributed by atoms with E-state index >= 15 is 0 Å². The topological polar surface area (TPSA) is 84.1 Å². The lowest BCUT2D eigenvalue weighted by Crippen LogP contribution is -2.63. The molecule has 5 rings (SSSR count). The van der Waals surface area contributed by atoms with Gasteiger partial charge in [-0.05, 0) is 36.2 Å². The van der Waals surface area contributed by atoms with Crippen molar-refractivity contribution in [2.75, 3.05) is 40.5 Å². The lowest BCUT2D eigenvalue weighted by Gasteiger charge is -2.47. The van der Waals surface area contributed by atoms with Crippen LogP contribution in [0.25, 0.3) is 10.9 Å². The van der Waals surface area contributed by atoms with Crippen LogP contribution in [0.4, 0.5) is 0 Å². The molecule has 1 saturated heterocycles. The molecule has 3 heterocycles. The Morgan fingerprint density at radius 1 is 1.09 bits per heavy atom. The number of H-pyrrole nitrogens is 1. The number of rotatable bonds is 7. The molecule has 34 heavy (non-hydrogen) atoms. The first-order valence-corrected chi connectivity index (χ1v) is 11.6. The number of carbonyl (C=O) groups is 2. The number of benzene rings is 2. The average molecular weight is 464 g/mol. The second-order valence-electron chi connectivity index (χ2n) is 8.58. The molecule has 1 N–H and O–H groups in total. The van der Waals surface area contributed by atoms with Crippen molar-refractivity contribution in [1.29, 1.82) is 0 Å². The molecule has 2 aliphatic heterocycles. The van der Waals surface area contributed by atoms with Gasteiger partial charge in [-0.1, -0.05) is 24.3 Å². The van der Waals surface area contributed by atoms with Gasteiger partial charge < -0.3 is 29.0 Å². The second-order valence-corrected chi connectivity index (χ2v) is 8.58. The van der Waals surface area contributed by atoms with Crippen LogP contribution in [0.5, 0.6) is 11.5 Å². The Labute approximate surface area is 198 Å². The Balaban J connectivity index is 1.65. The third-order valence-corrected chi connectivity index (χ3v) is 6.71. The minimum atomic E-state index is -0.577. The number of hydrogen-bond acceptors (Lipinski definition) is 5. The lowest BCUT2D eigenvalue weighted by molar-refractivity contribution is -0.159. The Bertz CT molecular complexity index is 1240. The highest BCUT2D eigenvalue weighted by Crippen LogP contribution is 2.44. The van der Waals surface area contributed by atoms with Crippen molar-refractivity contribution < 1.29 is 23.8 Å². The van der Waals surface area contributed by atoms with E-state index in [-0.39, 0.29) is 18.4 Å². The van der Waals surface area contributed by atoms with Crippen LogP contribution in [0.2, 0.25) is 0 Å². The number of nitrogens with one attached hydrogen (secondary N) is 1. The summed E-state index contributed by atoms with van der Waals surface area (Å²) < 4.78 is 16.5. The number of aromatic nitrogens is 1. The minimum absolute atomic E-state index is 0.0406. The SMILES string of the molecule is CCOc1ccc([C@@H]2c3[nH]c4ccccc4c3C[C@H]3C(=O)N(CCOC)CC(=O)N23)cc1OC. The van der Waals surface area contributed by atoms with Gasteiger partial charge in [0.05, 0.1) is 32.9 Å². The van der Waals surface area contributed by atoms with Crippen LogP contribution in [-0.2, 0) is 20.7 Å². The number of amides is 2. The molecule has 3 aromatic rings. The molecule has 0 unspecified atom stereocenters. The molecule has 2 aromatic carbocycles. The predicted molar refractivity (Wildman–Crippen MR) is 127 cm³/mol. The second kappa shape index (κ2) is 9.02. The van der Waals surface area contributed by atoms with Crippen LogP contribution in [0.1, 0.15) is 29.8 Å². The van der Waals surface area contributed by atoms with Crippen molar-refractivity contribution in [3.8, 4) is 11.5 Å². The Morgan fingerprint density at radius 2 is 1.91 bits per heavy atom. The highest BCUT2D eigenvalue weighted by molar-refractivity contribution is 5.97. The zero-order chi connectivity index (χ0) is 23.8. The van der Waals surface area contributed by atoms with Gasteiger partial charge in [-0.2, -0.15) is 0 Å².